The van der Waals surface area contributed by atoms with Crippen LogP contribution >= 0.6 is 0 Å². The lowest BCUT2D eigenvalue weighted by Gasteiger charge is -2.95. The molecule has 20 heavy (non-hydrogen) atoms. The van der Waals surface area contributed by atoms with E-state index in [1.807, 2.05) is 0 Å². The summed E-state index contributed by atoms with van der Waals surface area (Å²) in [6.07, 6.45) is 0. The summed E-state index contributed by atoms with van der Waals surface area (Å²) < 4.78 is 10.6. The first kappa shape index (κ1) is 11.6. The van der Waals surface area contributed by atoms with Gasteiger partial charge in [0.1, 0.15) is 0 Å². The molecule has 6 atom stereocenters. The van der Waals surface area contributed by atoms with Gasteiger partial charge in [-0.05, 0) is 47.3 Å². The summed E-state index contributed by atoms with van der Waals surface area (Å²) in [6, 6.07) is 0. The van der Waals surface area contributed by atoms with Gasteiger partial charge in [-0.3, -0.25) is 9.59 Å². The third-order valence-corrected chi connectivity index (χ3v) is 7.39. The molecule has 6 aliphatic carbocycles. The highest BCUT2D eigenvalue weighted by molar-refractivity contribution is 5.66. The van der Waals surface area contributed by atoms with Crippen LogP contribution in [0.1, 0.15) is 13.8 Å². The lowest BCUT2D eigenvalue weighted by atomic mass is 9.09. The molecule has 0 aliphatic heterocycles. The Hall–Kier alpha value is -1.06. The Morgan fingerprint density at radius 1 is 0.650 bits per heavy atom. The number of hydrogen-bond acceptors (Lipinski definition) is 4. The van der Waals surface area contributed by atoms with Crippen LogP contribution in [0, 0.1) is 59.2 Å². The molecule has 0 aromatic heterocycles. The predicted molar refractivity (Wildman–Crippen MR) is 68.2 cm³/mol. The molecule has 6 unspecified atom stereocenters. The minimum Gasteiger partial charge on any atom is -0.466 e. The monoisotopic (exact) mass is 276 g/mol. The maximum Gasteiger partial charge on any atom is 0.302 e. The second-order valence-corrected chi connectivity index (χ2v) is 7.55. The third kappa shape index (κ3) is 1.02. The Morgan fingerprint density at radius 2 is 0.950 bits per heavy atom. The number of hydrogen-bond donors (Lipinski definition) is 0. The van der Waals surface area contributed by atoms with E-state index in [2.05, 4.69) is 0 Å². The van der Waals surface area contributed by atoms with Crippen LogP contribution in [0.25, 0.3) is 0 Å². The van der Waals surface area contributed by atoms with Gasteiger partial charge in [-0.1, -0.05) is 0 Å². The summed E-state index contributed by atoms with van der Waals surface area (Å²) in [4.78, 5) is 22.3. The highest BCUT2D eigenvalue weighted by Gasteiger charge is 2.90. The Kier molecular flexibility index (Phi) is 1.97. The van der Waals surface area contributed by atoms with Gasteiger partial charge in [-0.2, -0.15) is 0 Å². The fourth-order valence-corrected chi connectivity index (χ4v) is 7.16. The van der Waals surface area contributed by atoms with Gasteiger partial charge in [-0.15, -0.1) is 0 Å². The number of ether oxygens (including phenoxy) is 2. The van der Waals surface area contributed by atoms with Gasteiger partial charge < -0.3 is 9.47 Å². The molecule has 0 saturated heterocycles. The zero-order valence-electron chi connectivity index (χ0n) is 11.8. The van der Waals surface area contributed by atoms with E-state index in [4.69, 9.17) is 9.47 Å². The molecule has 4 heteroatoms. The van der Waals surface area contributed by atoms with Crippen LogP contribution in [0.4, 0.5) is 0 Å². The van der Waals surface area contributed by atoms with Gasteiger partial charge in [0, 0.05) is 25.7 Å². The molecular formula is C16H20O4. The quantitative estimate of drug-likeness (QED) is 0.727. The molecule has 0 aromatic carbocycles. The first-order valence-corrected chi connectivity index (χ1v) is 7.88. The van der Waals surface area contributed by atoms with E-state index in [0.717, 1.165) is 47.3 Å². The second-order valence-electron chi connectivity index (χ2n) is 7.55. The van der Waals surface area contributed by atoms with Gasteiger partial charge in [0.15, 0.2) is 0 Å². The SMILES string of the molecule is CC(=O)OCC1C(COC(C)=O)C2C3C4C1C1C2C3C41. The Labute approximate surface area is 118 Å². The fraction of sp³-hybridized carbons (Fsp3) is 0.875. The second kappa shape index (κ2) is 3.40. The van der Waals surface area contributed by atoms with Crippen molar-refractivity contribution in [3.8, 4) is 0 Å². The standard InChI is InChI=1S/C16H20O4/c1-5(17)19-3-7-8(4-20-6(2)18)10-13-11-9(7)12-14(10)16(13)15(11)12/h7-16H,3-4H2,1-2H3. The first-order valence-electron chi connectivity index (χ1n) is 7.88. The molecule has 6 rings (SSSR count). The van der Waals surface area contributed by atoms with Crippen LogP contribution in [0.5, 0.6) is 0 Å². The lowest BCUT2D eigenvalue weighted by Crippen LogP contribution is -2.92. The summed E-state index contributed by atoms with van der Waals surface area (Å²) in [5.41, 5.74) is 0. The molecule has 108 valence electrons. The van der Waals surface area contributed by atoms with Crippen molar-refractivity contribution in [2.75, 3.05) is 13.2 Å². The minimum atomic E-state index is -0.192. The summed E-state index contributed by atoms with van der Waals surface area (Å²) in [7, 11) is 0. The van der Waals surface area contributed by atoms with E-state index in [1.54, 1.807) is 0 Å². The van der Waals surface area contributed by atoms with E-state index in [-0.39, 0.29) is 11.9 Å². The molecule has 0 N–H and O–H groups in total. The molecule has 6 fully saturated rings. The highest BCUT2D eigenvalue weighted by atomic mass is 16.5. The smallest absolute Gasteiger partial charge is 0.302 e. The topological polar surface area (TPSA) is 52.6 Å². The Balaban J connectivity index is 1.37. The van der Waals surface area contributed by atoms with Crippen LogP contribution in [0.3, 0.4) is 0 Å². The highest BCUT2D eigenvalue weighted by Crippen LogP contribution is 2.93. The van der Waals surface area contributed by atoms with Crippen LogP contribution in [0.15, 0.2) is 0 Å². The molecule has 6 saturated carbocycles. The van der Waals surface area contributed by atoms with E-state index in [1.165, 1.54) is 13.8 Å². The van der Waals surface area contributed by atoms with E-state index in [9.17, 15) is 9.59 Å². The molecule has 0 heterocycles. The van der Waals surface area contributed by atoms with Crippen LogP contribution in [-0.2, 0) is 19.1 Å². The number of carbonyl (C=O) groups is 2. The number of fused-ring (bicyclic) bond motifs is 1. The van der Waals surface area contributed by atoms with Crippen molar-refractivity contribution in [1.29, 1.82) is 0 Å². The van der Waals surface area contributed by atoms with Crippen molar-refractivity contribution in [3.63, 3.8) is 0 Å². The van der Waals surface area contributed by atoms with Gasteiger partial charge in [-0.25, -0.2) is 0 Å². The van der Waals surface area contributed by atoms with E-state index < -0.39 is 0 Å². The van der Waals surface area contributed by atoms with Crippen molar-refractivity contribution in [1.82, 2.24) is 0 Å². The van der Waals surface area contributed by atoms with Crippen molar-refractivity contribution in [2.45, 2.75) is 13.8 Å². The molecule has 0 radical (unpaired) electrons. The Bertz CT molecular complexity index is 449. The van der Waals surface area contributed by atoms with Crippen molar-refractivity contribution >= 4 is 11.9 Å². The fourth-order valence-electron chi connectivity index (χ4n) is 7.16. The van der Waals surface area contributed by atoms with Crippen LogP contribution in [-0.4, -0.2) is 25.2 Å². The summed E-state index contributed by atoms with van der Waals surface area (Å²) in [5.74, 6) is 7.75. The molecule has 2 bridgehead atoms. The maximum atomic E-state index is 11.1. The first-order chi connectivity index (χ1) is 9.61. The van der Waals surface area contributed by atoms with Gasteiger partial charge in [0.2, 0.25) is 0 Å². The zero-order chi connectivity index (χ0) is 13.8. The summed E-state index contributed by atoms with van der Waals surface area (Å²) in [5, 5.41) is 0. The average Bonchev–Trinajstić information content (AvgIpc) is 2.35. The van der Waals surface area contributed by atoms with Gasteiger partial charge in [0.25, 0.3) is 0 Å². The average molecular weight is 276 g/mol. The van der Waals surface area contributed by atoms with Crippen molar-refractivity contribution in [2.24, 2.45) is 59.2 Å². The van der Waals surface area contributed by atoms with Crippen molar-refractivity contribution < 1.29 is 19.1 Å². The number of carbonyl (C=O) groups excluding carboxylic acids is 2. The number of esters is 2. The summed E-state index contributed by atoms with van der Waals surface area (Å²) >= 11 is 0. The molecule has 0 amide bonds. The third-order valence-electron chi connectivity index (χ3n) is 7.39. The van der Waals surface area contributed by atoms with E-state index in [0.29, 0.717) is 25.0 Å². The molecule has 6 aliphatic rings. The maximum absolute atomic E-state index is 11.1. The number of rotatable bonds is 4. The van der Waals surface area contributed by atoms with Crippen LogP contribution in [0.2, 0.25) is 0 Å². The predicted octanol–water partition coefficient (Wildman–Crippen LogP) is 1.34. The van der Waals surface area contributed by atoms with Gasteiger partial charge in [0.05, 0.1) is 13.2 Å². The van der Waals surface area contributed by atoms with E-state index >= 15 is 0 Å². The Morgan fingerprint density at radius 3 is 1.25 bits per heavy atom. The normalized spacial score (nSPS) is 58.3. The zero-order valence-corrected chi connectivity index (χ0v) is 11.8. The molecular weight excluding hydrogens is 256 g/mol. The molecule has 4 nitrogen and oxygen atoms in total. The molecule has 0 aromatic rings. The minimum absolute atomic E-state index is 0.192. The molecule has 0 spiro atoms. The van der Waals surface area contributed by atoms with Crippen molar-refractivity contribution in [3.05, 3.63) is 0 Å². The van der Waals surface area contributed by atoms with Gasteiger partial charge >= 0.3 is 11.9 Å². The largest absolute Gasteiger partial charge is 0.466 e. The van der Waals surface area contributed by atoms with Crippen LogP contribution < -0.4 is 0 Å². The summed E-state index contributed by atoms with van der Waals surface area (Å²) in [6.45, 7) is 4.02. The lowest BCUT2D eigenvalue weighted by molar-refractivity contribution is -0.488.